The minimum atomic E-state index is -0.210. The highest BCUT2D eigenvalue weighted by Crippen LogP contribution is 2.29. The summed E-state index contributed by atoms with van der Waals surface area (Å²) in [6.45, 7) is 2.33. The number of aromatic nitrogens is 3. The zero-order valence-electron chi connectivity index (χ0n) is 15.4. The lowest BCUT2D eigenvalue weighted by atomic mass is 9.84. The molecule has 0 bridgehead atoms. The van der Waals surface area contributed by atoms with E-state index in [0.717, 1.165) is 30.7 Å². The van der Waals surface area contributed by atoms with Crippen LogP contribution < -0.4 is 10.1 Å². The van der Waals surface area contributed by atoms with Crippen molar-refractivity contribution in [2.24, 2.45) is 5.92 Å². The largest absolute Gasteiger partial charge is 0.481 e. The Kier molecular flexibility index (Phi) is 4.79. The number of rotatable bonds is 5. The van der Waals surface area contributed by atoms with Crippen LogP contribution in [0.2, 0.25) is 0 Å². The van der Waals surface area contributed by atoms with Gasteiger partial charge in [0.05, 0.1) is 43.7 Å². The third-order valence-corrected chi connectivity index (χ3v) is 5.25. The van der Waals surface area contributed by atoms with Crippen LogP contribution in [0.3, 0.4) is 0 Å². The molecule has 8 heteroatoms. The van der Waals surface area contributed by atoms with Gasteiger partial charge in [0.15, 0.2) is 0 Å². The minimum Gasteiger partial charge on any atom is -0.481 e. The smallest absolute Gasteiger partial charge is 0.253 e. The summed E-state index contributed by atoms with van der Waals surface area (Å²) in [5.74, 6) is 0.749. The van der Waals surface area contributed by atoms with Crippen molar-refractivity contribution in [1.29, 1.82) is 0 Å². The Morgan fingerprint density at radius 3 is 2.81 bits per heavy atom. The molecule has 8 nitrogen and oxygen atoms in total. The van der Waals surface area contributed by atoms with Crippen molar-refractivity contribution < 1.29 is 14.3 Å². The molecule has 2 aliphatic rings. The number of carbonyl (C=O) groups excluding carboxylic acids is 2. The molecule has 4 rings (SSSR count). The molecule has 1 saturated carbocycles. The molecular weight excluding hydrogens is 346 g/mol. The van der Waals surface area contributed by atoms with Gasteiger partial charge in [-0.15, -0.1) is 0 Å². The maximum atomic E-state index is 12.4. The van der Waals surface area contributed by atoms with Crippen LogP contribution in [-0.2, 0) is 24.4 Å². The van der Waals surface area contributed by atoms with E-state index in [9.17, 15) is 9.59 Å². The normalized spacial score (nSPS) is 16.4. The average Bonchev–Trinajstić information content (AvgIpc) is 3.06. The first-order valence-corrected chi connectivity index (χ1v) is 9.26. The maximum Gasteiger partial charge on any atom is 0.253 e. The lowest BCUT2D eigenvalue weighted by Crippen LogP contribution is -2.43. The molecule has 0 atom stereocenters. The predicted molar refractivity (Wildman–Crippen MR) is 96.9 cm³/mol. The van der Waals surface area contributed by atoms with Gasteiger partial charge in [-0.2, -0.15) is 5.10 Å². The van der Waals surface area contributed by atoms with Gasteiger partial charge < -0.3 is 15.0 Å². The number of fused-ring (bicyclic) bond motifs is 1. The number of amides is 2. The van der Waals surface area contributed by atoms with Crippen LogP contribution in [0, 0.1) is 5.92 Å². The summed E-state index contributed by atoms with van der Waals surface area (Å²) in [6.07, 6.45) is 4.68. The van der Waals surface area contributed by atoms with Crippen molar-refractivity contribution in [3.05, 3.63) is 41.3 Å². The molecule has 2 amide bonds. The summed E-state index contributed by atoms with van der Waals surface area (Å²) in [4.78, 5) is 30.6. The third kappa shape index (κ3) is 3.65. The molecule has 0 unspecified atom stereocenters. The van der Waals surface area contributed by atoms with Gasteiger partial charge in [0.25, 0.3) is 5.91 Å². The van der Waals surface area contributed by atoms with E-state index in [4.69, 9.17) is 4.74 Å². The Morgan fingerprint density at radius 2 is 2.15 bits per heavy atom. The minimum absolute atomic E-state index is 0.210. The molecular formula is C19H23N5O3. The molecule has 0 aromatic carbocycles. The van der Waals surface area contributed by atoms with Crippen molar-refractivity contribution in [2.45, 2.75) is 38.9 Å². The highest BCUT2D eigenvalue weighted by atomic mass is 16.5. The quantitative estimate of drug-likeness (QED) is 0.860. The van der Waals surface area contributed by atoms with Gasteiger partial charge in [0.2, 0.25) is 11.8 Å². The molecule has 27 heavy (non-hydrogen) atoms. The lowest BCUT2D eigenvalue weighted by molar-refractivity contribution is -0.139. The van der Waals surface area contributed by atoms with Crippen molar-refractivity contribution in [3.63, 3.8) is 0 Å². The second kappa shape index (κ2) is 7.38. The Hall–Kier alpha value is -2.90. The standard InChI is InChI=1S/C19H23N5O3/c1-27-17-6-5-14(10-20-17)18(25)21-11-15-9-16-12-23(7-8-24(16)22-15)19(26)13-3-2-4-13/h5-6,9-10,13H,2-4,7-8,11-12H2,1H3,(H,21,25). The highest BCUT2D eigenvalue weighted by molar-refractivity contribution is 5.93. The van der Waals surface area contributed by atoms with Crippen LogP contribution in [0.15, 0.2) is 24.4 Å². The molecule has 1 aliphatic heterocycles. The number of hydrogen-bond donors (Lipinski definition) is 1. The Morgan fingerprint density at radius 1 is 1.30 bits per heavy atom. The van der Waals surface area contributed by atoms with Crippen LogP contribution in [0.5, 0.6) is 5.88 Å². The molecule has 1 fully saturated rings. The van der Waals surface area contributed by atoms with E-state index in [1.165, 1.54) is 13.3 Å². The molecule has 2 aromatic heterocycles. The van der Waals surface area contributed by atoms with Crippen LogP contribution in [0.1, 0.15) is 41.0 Å². The second-order valence-corrected chi connectivity index (χ2v) is 7.01. The maximum absolute atomic E-state index is 12.4. The second-order valence-electron chi connectivity index (χ2n) is 7.01. The zero-order valence-corrected chi connectivity index (χ0v) is 15.4. The molecule has 142 valence electrons. The fourth-order valence-electron chi connectivity index (χ4n) is 3.42. The molecule has 3 heterocycles. The van der Waals surface area contributed by atoms with Gasteiger partial charge in [-0.1, -0.05) is 6.42 Å². The number of nitrogens with one attached hydrogen (secondary N) is 1. The highest BCUT2D eigenvalue weighted by Gasteiger charge is 2.31. The summed E-state index contributed by atoms with van der Waals surface area (Å²) in [7, 11) is 1.53. The fraction of sp³-hybridized carbons (Fsp3) is 0.474. The number of nitrogens with zero attached hydrogens (tertiary/aromatic N) is 4. The summed E-state index contributed by atoms with van der Waals surface area (Å²) in [5, 5.41) is 7.40. The summed E-state index contributed by atoms with van der Waals surface area (Å²) in [6, 6.07) is 5.29. The van der Waals surface area contributed by atoms with Gasteiger partial charge >= 0.3 is 0 Å². The first-order valence-electron chi connectivity index (χ1n) is 9.26. The summed E-state index contributed by atoms with van der Waals surface area (Å²) >= 11 is 0. The fourth-order valence-corrected chi connectivity index (χ4v) is 3.42. The molecule has 1 aliphatic carbocycles. The van der Waals surface area contributed by atoms with E-state index in [-0.39, 0.29) is 17.7 Å². The first-order chi connectivity index (χ1) is 13.1. The number of methoxy groups -OCH3 is 1. The van der Waals surface area contributed by atoms with E-state index >= 15 is 0 Å². The van der Waals surface area contributed by atoms with Crippen molar-refractivity contribution in [3.8, 4) is 5.88 Å². The van der Waals surface area contributed by atoms with Crippen LogP contribution in [0.25, 0.3) is 0 Å². The summed E-state index contributed by atoms with van der Waals surface area (Å²) in [5.41, 5.74) is 2.28. The van der Waals surface area contributed by atoms with Gasteiger partial charge in [0.1, 0.15) is 0 Å². The molecule has 0 radical (unpaired) electrons. The van der Waals surface area contributed by atoms with Gasteiger partial charge in [0, 0.05) is 24.7 Å². The van der Waals surface area contributed by atoms with Crippen molar-refractivity contribution >= 4 is 11.8 Å². The monoisotopic (exact) mass is 369 g/mol. The van der Waals surface area contributed by atoms with E-state index in [1.54, 1.807) is 12.1 Å². The number of hydrogen-bond acceptors (Lipinski definition) is 5. The Bertz CT molecular complexity index is 842. The van der Waals surface area contributed by atoms with Crippen LogP contribution in [0.4, 0.5) is 0 Å². The Labute approximate surface area is 157 Å². The van der Waals surface area contributed by atoms with Crippen molar-refractivity contribution in [2.75, 3.05) is 13.7 Å². The molecule has 0 saturated heterocycles. The SMILES string of the molecule is COc1ccc(C(=O)NCc2cc3n(n2)CCN(C(=O)C2CCC2)C3)cn1. The summed E-state index contributed by atoms with van der Waals surface area (Å²) < 4.78 is 6.92. The predicted octanol–water partition coefficient (Wildman–Crippen LogP) is 1.36. The first kappa shape index (κ1) is 17.5. The Balaban J connectivity index is 1.35. The van der Waals surface area contributed by atoms with Gasteiger partial charge in [-0.05, 0) is 25.0 Å². The van der Waals surface area contributed by atoms with E-state index in [2.05, 4.69) is 15.4 Å². The number of ether oxygens (including phenoxy) is 1. The topological polar surface area (TPSA) is 89.4 Å². The van der Waals surface area contributed by atoms with Crippen LogP contribution in [-0.4, -0.2) is 45.1 Å². The van der Waals surface area contributed by atoms with Gasteiger partial charge in [-0.3, -0.25) is 14.3 Å². The zero-order chi connectivity index (χ0) is 18.8. The number of carbonyl (C=O) groups is 2. The van der Waals surface area contributed by atoms with E-state index in [0.29, 0.717) is 37.6 Å². The molecule has 2 aromatic rings. The molecule has 1 N–H and O–H groups in total. The van der Waals surface area contributed by atoms with E-state index < -0.39 is 0 Å². The van der Waals surface area contributed by atoms with Gasteiger partial charge in [-0.25, -0.2) is 4.98 Å². The molecule has 0 spiro atoms. The van der Waals surface area contributed by atoms with Crippen LogP contribution >= 0.6 is 0 Å². The van der Waals surface area contributed by atoms with Crippen molar-refractivity contribution in [1.82, 2.24) is 25.0 Å². The third-order valence-electron chi connectivity index (χ3n) is 5.25. The van der Waals surface area contributed by atoms with E-state index in [1.807, 2.05) is 15.6 Å². The number of pyridine rings is 1. The average molecular weight is 369 g/mol. The lowest BCUT2D eigenvalue weighted by Gasteiger charge is -2.34.